The maximum absolute atomic E-state index is 12.7. The number of nitrogens with zero attached hydrogens (tertiary/aromatic N) is 4. The van der Waals surface area contributed by atoms with Crippen LogP contribution in [-0.4, -0.2) is 56.2 Å². The number of amides is 1. The van der Waals surface area contributed by atoms with E-state index in [-0.39, 0.29) is 18.6 Å². The summed E-state index contributed by atoms with van der Waals surface area (Å²) >= 11 is 0. The first kappa shape index (κ1) is 15.4. The molecule has 22 heavy (non-hydrogen) atoms. The Balaban J connectivity index is 1.58. The predicted molar refractivity (Wildman–Crippen MR) is 79.0 cm³/mol. The summed E-state index contributed by atoms with van der Waals surface area (Å²) in [6.07, 6.45) is 6.42. The number of aliphatic hydroxyl groups is 1. The van der Waals surface area contributed by atoms with Crippen molar-refractivity contribution in [1.82, 2.24) is 19.9 Å². The molecular weight excluding hydrogens is 284 g/mol. The summed E-state index contributed by atoms with van der Waals surface area (Å²) in [7, 11) is 0. The summed E-state index contributed by atoms with van der Waals surface area (Å²) in [5.41, 5.74) is -0.0517. The van der Waals surface area contributed by atoms with Crippen molar-refractivity contribution in [3.05, 3.63) is 11.9 Å². The molecule has 0 aliphatic carbocycles. The van der Waals surface area contributed by atoms with Crippen molar-refractivity contribution in [3.8, 4) is 0 Å². The van der Waals surface area contributed by atoms with Crippen molar-refractivity contribution in [2.45, 2.75) is 57.3 Å². The van der Waals surface area contributed by atoms with Crippen LogP contribution in [0.3, 0.4) is 0 Å². The van der Waals surface area contributed by atoms with Crippen molar-refractivity contribution in [1.29, 1.82) is 0 Å². The summed E-state index contributed by atoms with van der Waals surface area (Å²) in [5.74, 6) is 0.125. The maximum Gasteiger partial charge on any atom is 0.254 e. The molecule has 0 radical (unpaired) electrons. The minimum Gasteiger partial charge on any atom is -0.390 e. The van der Waals surface area contributed by atoms with Crippen LogP contribution in [0.25, 0.3) is 0 Å². The molecule has 7 nitrogen and oxygen atoms in total. The Kier molecular flexibility index (Phi) is 4.44. The van der Waals surface area contributed by atoms with Gasteiger partial charge in [-0.2, -0.15) is 0 Å². The zero-order valence-corrected chi connectivity index (χ0v) is 13.1. The molecule has 1 aromatic rings. The molecule has 3 heterocycles. The molecule has 7 heteroatoms. The third kappa shape index (κ3) is 3.01. The van der Waals surface area contributed by atoms with Crippen LogP contribution in [-0.2, 0) is 16.1 Å². The van der Waals surface area contributed by atoms with Crippen molar-refractivity contribution >= 4 is 5.91 Å². The Labute approximate surface area is 130 Å². The SMILES string of the molecule is C[C@@]1(C(=O)N2CCC(n3cc(CO)nn3)CC2)CCCCO1. The van der Waals surface area contributed by atoms with Gasteiger partial charge >= 0.3 is 0 Å². The Hall–Kier alpha value is -1.47. The predicted octanol–water partition coefficient (Wildman–Crippen LogP) is 0.893. The minimum atomic E-state index is -0.637. The maximum atomic E-state index is 12.7. The normalized spacial score (nSPS) is 27.1. The zero-order valence-electron chi connectivity index (χ0n) is 13.1. The molecule has 2 aliphatic rings. The summed E-state index contributed by atoms with van der Waals surface area (Å²) in [6.45, 7) is 3.95. The van der Waals surface area contributed by atoms with E-state index in [0.29, 0.717) is 12.3 Å². The summed E-state index contributed by atoms with van der Waals surface area (Å²) < 4.78 is 7.57. The van der Waals surface area contributed by atoms with Gasteiger partial charge in [-0.3, -0.25) is 4.79 Å². The van der Waals surface area contributed by atoms with E-state index in [0.717, 1.165) is 45.2 Å². The highest BCUT2D eigenvalue weighted by Crippen LogP contribution is 2.29. The van der Waals surface area contributed by atoms with Gasteiger partial charge in [0.15, 0.2) is 0 Å². The van der Waals surface area contributed by atoms with E-state index in [2.05, 4.69) is 10.3 Å². The second kappa shape index (κ2) is 6.34. The number of ether oxygens (including phenoxy) is 1. The average Bonchev–Trinajstić information content (AvgIpc) is 3.04. The molecule has 0 unspecified atom stereocenters. The van der Waals surface area contributed by atoms with Gasteiger partial charge < -0.3 is 14.7 Å². The number of piperidine rings is 1. The third-order valence-corrected chi connectivity index (χ3v) is 4.77. The van der Waals surface area contributed by atoms with Gasteiger partial charge in [-0.25, -0.2) is 4.68 Å². The van der Waals surface area contributed by atoms with Crippen molar-refractivity contribution in [3.63, 3.8) is 0 Å². The largest absolute Gasteiger partial charge is 0.390 e. The molecule has 1 amide bonds. The van der Waals surface area contributed by atoms with Crippen molar-refractivity contribution in [2.24, 2.45) is 0 Å². The topological polar surface area (TPSA) is 80.5 Å². The second-order valence-corrected chi connectivity index (χ2v) is 6.41. The van der Waals surface area contributed by atoms with Gasteiger partial charge in [-0.15, -0.1) is 5.10 Å². The number of carbonyl (C=O) groups is 1. The molecule has 0 aromatic carbocycles. The van der Waals surface area contributed by atoms with E-state index in [1.54, 1.807) is 6.20 Å². The monoisotopic (exact) mass is 308 g/mol. The number of aliphatic hydroxyl groups excluding tert-OH is 1. The molecule has 1 N–H and O–H groups in total. The number of rotatable bonds is 3. The Morgan fingerprint density at radius 2 is 2.23 bits per heavy atom. The fraction of sp³-hybridized carbons (Fsp3) is 0.800. The summed E-state index contributed by atoms with van der Waals surface area (Å²) in [5, 5.41) is 17.0. The van der Waals surface area contributed by atoms with E-state index in [1.165, 1.54) is 0 Å². The summed E-state index contributed by atoms with van der Waals surface area (Å²) in [4.78, 5) is 14.6. The lowest BCUT2D eigenvalue weighted by Crippen LogP contribution is -2.52. The molecule has 1 atom stereocenters. The van der Waals surface area contributed by atoms with Crippen LogP contribution >= 0.6 is 0 Å². The fourth-order valence-corrected chi connectivity index (χ4v) is 3.33. The highest BCUT2D eigenvalue weighted by Gasteiger charge is 2.40. The lowest BCUT2D eigenvalue weighted by Gasteiger charge is -2.39. The Morgan fingerprint density at radius 1 is 1.45 bits per heavy atom. The van der Waals surface area contributed by atoms with Crippen molar-refractivity contribution in [2.75, 3.05) is 19.7 Å². The Morgan fingerprint density at radius 3 is 2.82 bits per heavy atom. The smallest absolute Gasteiger partial charge is 0.254 e. The zero-order chi connectivity index (χ0) is 15.6. The van der Waals surface area contributed by atoms with Crippen LogP contribution in [0.1, 0.15) is 50.8 Å². The van der Waals surface area contributed by atoms with Crippen LogP contribution in [0.2, 0.25) is 0 Å². The van der Waals surface area contributed by atoms with Gasteiger partial charge in [0.2, 0.25) is 0 Å². The standard InChI is InChI=1S/C15H24N4O3/c1-15(6-2-3-9-22-15)14(21)18-7-4-13(5-8-18)19-10-12(11-20)16-17-19/h10,13,20H,2-9,11H2,1H3/t15-/m0/s1. The van der Waals surface area contributed by atoms with E-state index in [9.17, 15) is 4.79 Å². The number of likely N-dealkylation sites (tertiary alicyclic amines) is 1. The number of hydrogen-bond donors (Lipinski definition) is 1. The first-order valence-electron chi connectivity index (χ1n) is 8.07. The van der Waals surface area contributed by atoms with Gasteiger partial charge in [0.25, 0.3) is 5.91 Å². The lowest BCUT2D eigenvalue weighted by atomic mass is 9.93. The van der Waals surface area contributed by atoms with E-state index in [1.807, 2.05) is 16.5 Å². The van der Waals surface area contributed by atoms with Gasteiger partial charge in [0.1, 0.15) is 11.3 Å². The molecule has 3 rings (SSSR count). The molecule has 122 valence electrons. The number of carbonyl (C=O) groups excluding carboxylic acids is 1. The molecule has 2 fully saturated rings. The van der Waals surface area contributed by atoms with Crippen LogP contribution in [0, 0.1) is 0 Å². The highest BCUT2D eigenvalue weighted by molar-refractivity contribution is 5.85. The van der Waals surface area contributed by atoms with Crippen molar-refractivity contribution < 1.29 is 14.6 Å². The van der Waals surface area contributed by atoms with Gasteiger partial charge in [-0.1, -0.05) is 5.21 Å². The fourth-order valence-electron chi connectivity index (χ4n) is 3.33. The van der Waals surface area contributed by atoms with Crippen LogP contribution in [0.15, 0.2) is 6.20 Å². The quantitative estimate of drug-likeness (QED) is 0.897. The molecule has 1 aromatic heterocycles. The highest BCUT2D eigenvalue weighted by atomic mass is 16.5. The molecule has 2 saturated heterocycles. The average molecular weight is 308 g/mol. The van der Waals surface area contributed by atoms with E-state index in [4.69, 9.17) is 9.84 Å². The summed E-state index contributed by atoms with van der Waals surface area (Å²) in [6, 6.07) is 0.247. The van der Waals surface area contributed by atoms with Gasteiger partial charge in [-0.05, 0) is 39.0 Å². The lowest BCUT2D eigenvalue weighted by molar-refractivity contribution is -0.163. The number of aromatic nitrogens is 3. The third-order valence-electron chi connectivity index (χ3n) is 4.77. The molecular formula is C15H24N4O3. The van der Waals surface area contributed by atoms with Gasteiger partial charge in [0, 0.05) is 19.7 Å². The minimum absolute atomic E-state index is 0.0903. The van der Waals surface area contributed by atoms with Crippen LogP contribution in [0.5, 0.6) is 0 Å². The molecule has 2 aliphatic heterocycles. The van der Waals surface area contributed by atoms with E-state index >= 15 is 0 Å². The van der Waals surface area contributed by atoms with Crippen LogP contribution in [0.4, 0.5) is 0 Å². The van der Waals surface area contributed by atoms with Crippen LogP contribution < -0.4 is 0 Å². The first-order valence-corrected chi connectivity index (χ1v) is 8.07. The molecule has 0 spiro atoms. The molecule has 0 saturated carbocycles. The second-order valence-electron chi connectivity index (χ2n) is 6.41. The number of hydrogen-bond acceptors (Lipinski definition) is 5. The molecule has 0 bridgehead atoms. The first-order chi connectivity index (χ1) is 10.6. The van der Waals surface area contributed by atoms with E-state index < -0.39 is 5.60 Å². The van der Waals surface area contributed by atoms with Gasteiger partial charge in [0.05, 0.1) is 18.8 Å². The Bertz CT molecular complexity index is 517.